The number of hydrogen-bond donors (Lipinski definition) is 2. The molecule has 0 aliphatic rings. The zero-order valence-corrected chi connectivity index (χ0v) is 16.7. The van der Waals surface area contributed by atoms with Crippen LogP contribution < -0.4 is 11.1 Å². The van der Waals surface area contributed by atoms with E-state index in [1.807, 2.05) is 42.8 Å². The first kappa shape index (κ1) is 22.9. The highest BCUT2D eigenvalue weighted by Crippen LogP contribution is 2.16. The highest BCUT2D eigenvalue weighted by atomic mass is 35.5. The number of nitrogens with zero attached hydrogens (tertiary/aromatic N) is 2. The third-order valence-electron chi connectivity index (χ3n) is 4.30. The molecule has 0 bridgehead atoms. The van der Waals surface area contributed by atoms with Crippen molar-refractivity contribution in [2.75, 3.05) is 6.54 Å². The Morgan fingerprint density at radius 3 is 2.56 bits per heavy atom. The number of rotatable bonds is 5. The zero-order valence-electron chi connectivity index (χ0n) is 15.1. The quantitative estimate of drug-likeness (QED) is 0.675. The Morgan fingerprint density at radius 1 is 1.22 bits per heavy atom. The van der Waals surface area contributed by atoms with Crippen molar-refractivity contribution in [2.45, 2.75) is 19.4 Å². The predicted molar refractivity (Wildman–Crippen MR) is 110 cm³/mol. The second-order valence-corrected chi connectivity index (χ2v) is 6.15. The highest BCUT2D eigenvalue weighted by Gasteiger charge is 2.15. The van der Waals surface area contributed by atoms with Gasteiger partial charge in [0.2, 0.25) is 5.91 Å². The van der Waals surface area contributed by atoms with Gasteiger partial charge in [-0.25, -0.2) is 9.37 Å². The van der Waals surface area contributed by atoms with E-state index in [1.165, 1.54) is 12.1 Å². The van der Waals surface area contributed by atoms with Crippen LogP contribution in [-0.4, -0.2) is 22.0 Å². The van der Waals surface area contributed by atoms with Crippen LogP contribution in [0.1, 0.15) is 23.0 Å². The Kier molecular flexibility index (Phi) is 8.21. The fourth-order valence-electron chi connectivity index (χ4n) is 2.77. The minimum Gasteiger partial charge on any atom is -0.354 e. The van der Waals surface area contributed by atoms with Gasteiger partial charge in [-0.1, -0.05) is 29.8 Å². The van der Waals surface area contributed by atoms with Gasteiger partial charge in [-0.2, -0.15) is 0 Å². The summed E-state index contributed by atoms with van der Waals surface area (Å²) in [5, 5.41) is 2.84. The van der Waals surface area contributed by atoms with Crippen molar-refractivity contribution >= 4 is 41.8 Å². The molecule has 1 atom stereocenters. The molecule has 0 radical (unpaired) electrons. The van der Waals surface area contributed by atoms with E-state index in [2.05, 4.69) is 10.3 Å². The number of amides is 1. The molecule has 0 fully saturated rings. The summed E-state index contributed by atoms with van der Waals surface area (Å²) in [6.45, 7) is 2.40. The van der Waals surface area contributed by atoms with Gasteiger partial charge in [-0.05, 0) is 30.7 Å². The maximum atomic E-state index is 13.3. The van der Waals surface area contributed by atoms with Crippen LogP contribution in [0.2, 0.25) is 0 Å². The van der Waals surface area contributed by atoms with E-state index in [4.69, 9.17) is 5.73 Å². The second-order valence-electron chi connectivity index (χ2n) is 6.15. The van der Waals surface area contributed by atoms with Crippen LogP contribution in [0.3, 0.4) is 0 Å². The van der Waals surface area contributed by atoms with Gasteiger partial charge in [0.15, 0.2) is 0 Å². The normalized spacial score (nSPS) is 11.4. The van der Waals surface area contributed by atoms with Gasteiger partial charge in [0.05, 0.1) is 11.0 Å². The molecular weight excluding hydrogens is 390 g/mol. The number of imidazole rings is 1. The predicted octanol–water partition coefficient (Wildman–Crippen LogP) is 3.22. The number of nitrogens with two attached hydrogens (primary N) is 1. The Hall–Kier alpha value is -2.15. The summed E-state index contributed by atoms with van der Waals surface area (Å²) >= 11 is 0. The highest BCUT2D eigenvalue weighted by molar-refractivity contribution is 5.85. The average molecular weight is 413 g/mol. The van der Waals surface area contributed by atoms with Gasteiger partial charge in [0.1, 0.15) is 17.7 Å². The molecular formula is C19H23Cl2FN4O. The van der Waals surface area contributed by atoms with Gasteiger partial charge in [-0.3, -0.25) is 4.79 Å². The van der Waals surface area contributed by atoms with E-state index < -0.39 is 6.04 Å². The molecule has 3 rings (SSSR count). The SMILES string of the molecule is Cc1ccc(C(N)C(=O)NCCc2nc3ccc(F)cc3n2C)cc1.Cl.Cl. The molecule has 2 aromatic carbocycles. The number of fused-ring (bicyclic) bond motifs is 1. The minimum atomic E-state index is -0.699. The van der Waals surface area contributed by atoms with Crippen molar-refractivity contribution in [2.24, 2.45) is 12.8 Å². The molecule has 146 valence electrons. The summed E-state index contributed by atoms with van der Waals surface area (Å²) in [5.74, 6) is 0.262. The smallest absolute Gasteiger partial charge is 0.241 e. The molecule has 8 heteroatoms. The van der Waals surface area contributed by atoms with Gasteiger partial charge in [0.25, 0.3) is 0 Å². The molecule has 1 unspecified atom stereocenters. The first-order valence-electron chi connectivity index (χ1n) is 8.16. The van der Waals surface area contributed by atoms with E-state index in [0.717, 1.165) is 28.0 Å². The molecule has 1 heterocycles. The van der Waals surface area contributed by atoms with Crippen molar-refractivity contribution in [3.63, 3.8) is 0 Å². The maximum Gasteiger partial charge on any atom is 0.241 e. The molecule has 1 aromatic heterocycles. The number of halogens is 3. The van der Waals surface area contributed by atoms with Crippen molar-refractivity contribution in [1.29, 1.82) is 0 Å². The van der Waals surface area contributed by atoms with E-state index in [0.29, 0.717) is 13.0 Å². The van der Waals surface area contributed by atoms with E-state index in [-0.39, 0.29) is 36.5 Å². The summed E-state index contributed by atoms with van der Waals surface area (Å²) in [5.41, 5.74) is 9.37. The molecule has 3 aromatic rings. The number of carbonyl (C=O) groups is 1. The second kappa shape index (κ2) is 9.69. The monoisotopic (exact) mass is 412 g/mol. The molecule has 5 nitrogen and oxygen atoms in total. The van der Waals surface area contributed by atoms with E-state index in [1.54, 1.807) is 6.07 Å². The lowest BCUT2D eigenvalue weighted by Crippen LogP contribution is -2.35. The Balaban J connectivity index is 0.00000182. The zero-order chi connectivity index (χ0) is 18.0. The van der Waals surface area contributed by atoms with Crippen LogP contribution in [-0.2, 0) is 18.3 Å². The van der Waals surface area contributed by atoms with Crippen LogP contribution in [0.15, 0.2) is 42.5 Å². The topological polar surface area (TPSA) is 72.9 Å². The summed E-state index contributed by atoms with van der Waals surface area (Å²) in [4.78, 5) is 16.7. The van der Waals surface area contributed by atoms with Crippen molar-refractivity contribution < 1.29 is 9.18 Å². The number of hydrogen-bond acceptors (Lipinski definition) is 3. The van der Waals surface area contributed by atoms with Crippen LogP contribution in [0.5, 0.6) is 0 Å². The van der Waals surface area contributed by atoms with Crippen LogP contribution in [0.25, 0.3) is 11.0 Å². The van der Waals surface area contributed by atoms with Crippen molar-refractivity contribution in [1.82, 2.24) is 14.9 Å². The maximum absolute atomic E-state index is 13.3. The van der Waals surface area contributed by atoms with E-state index in [9.17, 15) is 9.18 Å². The Bertz CT molecular complexity index is 912. The molecule has 0 saturated heterocycles. The molecule has 0 spiro atoms. The van der Waals surface area contributed by atoms with Gasteiger partial charge >= 0.3 is 0 Å². The lowest BCUT2D eigenvalue weighted by Gasteiger charge is -2.13. The van der Waals surface area contributed by atoms with Gasteiger partial charge < -0.3 is 15.6 Å². The number of nitrogens with one attached hydrogen (secondary N) is 1. The summed E-state index contributed by atoms with van der Waals surface area (Å²) in [6.07, 6.45) is 0.541. The standard InChI is InChI=1S/C19H21FN4O.2ClH/c1-12-3-5-13(6-4-12)18(21)19(25)22-10-9-17-23-15-8-7-14(20)11-16(15)24(17)2;;/h3-8,11,18H,9-10,21H2,1-2H3,(H,22,25);2*1H. The molecule has 0 aliphatic carbocycles. The molecule has 3 N–H and O–H groups in total. The first-order chi connectivity index (χ1) is 12.0. The van der Waals surface area contributed by atoms with Crippen LogP contribution >= 0.6 is 24.8 Å². The third-order valence-corrected chi connectivity index (χ3v) is 4.30. The molecule has 1 amide bonds. The molecule has 0 saturated carbocycles. The van der Waals surface area contributed by atoms with Crippen LogP contribution in [0, 0.1) is 12.7 Å². The van der Waals surface area contributed by atoms with Crippen molar-refractivity contribution in [3.8, 4) is 0 Å². The Morgan fingerprint density at radius 2 is 1.89 bits per heavy atom. The number of benzene rings is 2. The average Bonchev–Trinajstić information content (AvgIpc) is 2.91. The van der Waals surface area contributed by atoms with Gasteiger partial charge in [0, 0.05) is 20.0 Å². The summed E-state index contributed by atoms with van der Waals surface area (Å²) in [7, 11) is 1.84. The summed E-state index contributed by atoms with van der Waals surface area (Å²) in [6, 6.07) is 11.4. The third kappa shape index (κ3) is 5.19. The largest absolute Gasteiger partial charge is 0.354 e. The minimum absolute atomic E-state index is 0. The molecule has 27 heavy (non-hydrogen) atoms. The van der Waals surface area contributed by atoms with Crippen molar-refractivity contribution in [3.05, 3.63) is 65.2 Å². The fraction of sp³-hybridized carbons (Fsp3) is 0.263. The number of aromatic nitrogens is 2. The van der Waals surface area contributed by atoms with E-state index >= 15 is 0 Å². The lowest BCUT2D eigenvalue weighted by atomic mass is 10.1. The number of carbonyl (C=O) groups excluding carboxylic acids is 1. The number of aryl methyl sites for hydroxylation is 2. The van der Waals surface area contributed by atoms with Crippen LogP contribution in [0.4, 0.5) is 4.39 Å². The molecule has 0 aliphatic heterocycles. The Labute approximate surface area is 170 Å². The lowest BCUT2D eigenvalue weighted by molar-refractivity contribution is -0.122. The first-order valence-corrected chi connectivity index (χ1v) is 8.16. The fourth-order valence-corrected chi connectivity index (χ4v) is 2.77. The van der Waals surface area contributed by atoms with Gasteiger partial charge in [-0.15, -0.1) is 24.8 Å². The summed E-state index contributed by atoms with van der Waals surface area (Å²) < 4.78 is 15.2.